The second kappa shape index (κ2) is 9.38. The molecule has 1 aliphatic heterocycles. The first-order chi connectivity index (χ1) is 15.3. The minimum Gasteiger partial charge on any atom is -0.337 e. The SMILES string of the molecule is CC(c1nc(-c2cccc(C(F)(F)F)c2)no1)N1CCCN(Cc2ccccc2F)CC1. The molecule has 2 heterocycles. The Bertz CT molecular complexity index is 1050. The lowest BCUT2D eigenvalue weighted by molar-refractivity contribution is -0.137. The fourth-order valence-corrected chi connectivity index (χ4v) is 3.92. The van der Waals surface area contributed by atoms with E-state index in [1.807, 2.05) is 13.0 Å². The van der Waals surface area contributed by atoms with E-state index in [1.165, 1.54) is 18.2 Å². The van der Waals surface area contributed by atoms with Crippen molar-refractivity contribution in [1.82, 2.24) is 19.9 Å². The summed E-state index contributed by atoms with van der Waals surface area (Å²) in [5, 5.41) is 3.90. The van der Waals surface area contributed by atoms with Crippen LogP contribution in [0.2, 0.25) is 0 Å². The van der Waals surface area contributed by atoms with Crippen molar-refractivity contribution in [2.75, 3.05) is 26.2 Å². The molecular weight excluding hydrogens is 424 g/mol. The molecule has 1 saturated heterocycles. The largest absolute Gasteiger partial charge is 0.416 e. The molecule has 0 N–H and O–H groups in total. The lowest BCUT2D eigenvalue weighted by Gasteiger charge is -2.25. The van der Waals surface area contributed by atoms with Crippen molar-refractivity contribution >= 4 is 0 Å². The van der Waals surface area contributed by atoms with Crippen LogP contribution in [0, 0.1) is 5.82 Å². The summed E-state index contributed by atoms with van der Waals surface area (Å²) >= 11 is 0. The van der Waals surface area contributed by atoms with Gasteiger partial charge in [-0.05, 0) is 38.1 Å². The van der Waals surface area contributed by atoms with E-state index in [0.29, 0.717) is 18.0 Å². The van der Waals surface area contributed by atoms with Gasteiger partial charge in [0.05, 0.1) is 11.6 Å². The van der Waals surface area contributed by atoms with Crippen molar-refractivity contribution in [3.8, 4) is 11.4 Å². The number of alkyl halides is 3. The third kappa shape index (κ3) is 5.16. The monoisotopic (exact) mass is 448 g/mol. The van der Waals surface area contributed by atoms with Crippen LogP contribution in [0.5, 0.6) is 0 Å². The van der Waals surface area contributed by atoms with Crippen LogP contribution < -0.4 is 0 Å². The quantitative estimate of drug-likeness (QED) is 0.505. The molecule has 0 radical (unpaired) electrons. The predicted octanol–water partition coefficient (Wildman–Crippen LogP) is 5.16. The molecule has 0 saturated carbocycles. The molecule has 4 rings (SSSR count). The number of hydrogen-bond donors (Lipinski definition) is 0. The molecule has 1 aromatic heterocycles. The number of rotatable bonds is 5. The molecule has 3 aromatic rings. The molecule has 0 bridgehead atoms. The molecular formula is C23H24F4N4O. The summed E-state index contributed by atoms with van der Waals surface area (Å²) in [5.41, 5.74) is 0.183. The van der Waals surface area contributed by atoms with Gasteiger partial charge in [-0.15, -0.1) is 0 Å². The summed E-state index contributed by atoms with van der Waals surface area (Å²) in [6.45, 7) is 5.63. The Morgan fingerprint density at radius 3 is 2.62 bits per heavy atom. The average molecular weight is 448 g/mol. The van der Waals surface area contributed by atoms with Crippen molar-refractivity contribution in [3.05, 3.63) is 71.4 Å². The first kappa shape index (κ1) is 22.4. The Morgan fingerprint density at radius 1 is 1.03 bits per heavy atom. The van der Waals surface area contributed by atoms with Gasteiger partial charge in [-0.2, -0.15) is 18.2 Å². The van der Waals surface area contributed by atoms with Gasteiger partial charge in [0.15, 0.2) is 0 Å². The Balaban J connectivity index is 1.41. The fourth-order valence-electron chi connectivity index (χ4n) is 3.92. The first-order valence-corrected chi connectivity index (χ1v) is 10.5. The molecule has 0 aliphatic carbocycles. The molecule has 170 valence electrons. The van der Waals surface area contributed by atoms with Crippen LogP contribution in [0.25, 0.3) is 11.4 Å². The van der Waals surface area contributed by atoms with Crippen LogP contribution >= 0.6 is 0 Å². The van der Waals surface area contributed by atoms with E-state index < -0.39 is 11.7 Å². The van der Waals surface area contributed by atoms with Crippen molar-refractivity contribution in [1.29, 1.82) is 0 Å². The van der Waals surface area contributed by atoms with E-state index in [9.17, 15) is 17.6 Å². The van der Waals surface area contributed by atoms with Crippen LogP contribution in [0.1, 0.15) is 36.4 Å². The maximum Gasteiger partial charge on any atom is 0.416 e. The topological polar surface area (TPSA) is 45.4 Å². The van der Waals surface area contributed by atoms with E-state index in [4.69, 9.17) is 4.52 Å². The number of hydrogen-bond acceptors (Lipinski definition) is 5. The average Bonchev–Trinajstić information content (AvgIpc) is 3.15. The Kier molecular flexibility index (Phi) is 6.57. The number of aromatic nitrogens is 2. The van der Waals surface area contributed by atoms with E-state index in [-0.39, 0.29) is 23.2 Å². The molecule has 2 aromatic carbocycles. The van der Waals surface area contributed by atoms with Crippen LogP contribution in [0.4, 0.5) is 17.6 Å². The molecule has 9 heteroatoms. The highest BCUT2D eigenvalue weighted by Gasteiger charge is 2.31. The van der Waals surface area contributed by atoms with Crippen molar-refractivity contribution < 1.29 is 22.1 Å². The van der Waals surface area contributed by atoms with Crippen LogP contribution in [-0.2, 0) is 12.7 Å². The molecule has 1 aliphatic rings. The summed E-state index contributed by atoms with van der Waals surface area (Å²) in [6.07, 6.45) is -3.54. The maximum atomic E-state index is 14.0. The lowest BCUT2D eigenvalue weighted by atomic mass is 10.1. The third-order valence-electron chi connectivity index (χ3n) is 5.77. The standard InChI is InChI=1S/C23H24F4N4O/c1-16(22-28-21(29-32-22)17-7-4-8-19(14-17)23(25,26)27)31-11-5-10-30(12-13-31)15-18-6-2-3-9-20(18)24/h2-4,6-9,14,16H,5,10-13,15H2,1H3. The summed E-state index contributed by atoms with van der Waals surface area (Å²) < 4.78 is 58.4. The molecule has 1 fully saturated rings. The summed E-state index contributed by atoms with van der Waals surface area (Å²) in [7, 11) is 0. The Hall–Kier alpha value is -2.78. The number of halogens is 4. The Morgan fingerprint density at radius 2 is 1.84 bits per heavy atom. The van der Waals surface area contributed by atoms with E-state index in [0.717, 1.165) is 44.7 Å². The van der Waals surface area contributed by atoms with Crippen molar-refractivity contribution in [2.24, 2.45) is 0 Å². The molecule has 1 unspecified atom stereocenters. The highest BCUT2D eigenvalue weighted by atomic mass is 19.4. The lowest BCUT2D eigenvalue weighted by Crippen LogP contribution is -2.32. The van der Waals surface area contributed by atoms with E-state index >= 15 is 0 Å². The van der Waals surface area contributed by atoms with Gasteiger partial charge >= 0.3 is 6.18 Å². The van der Waals surface area contributed by atoms with Crippen molar-refractivity contribution in [3.63, 3.8) is 0 Å². The maximum absolute atomic E-state index is 14.0. The van der Waals surface area contributed by atoms with Gasteiger partial charge in [0.25, 0.3) is 0 Å². The van der Waals surface area contributed by atoms with Crippen molar-refractivity contribution in [2.45, 2.75) is 32.1 Å². The van der Waals surface area contributed by atoms with Gasteiger partial charge in [-0.3, -0.25) is 9.80 Å². The Labute approximate surface area is 183 Å². The molecule has 5 nitrogen and oxygen atoms in total. The number of benzene rings is 2. The third-order valence-corrected chi connectivity index (χ3v) is 5.77. The van der Waals surface area contributed by atoms with E-state index in [2.05, 4.69) is 19.9 Å². The first-order valence-electron chi connectivity index (χ1n) is 10.5. The highest BCUT2D eigenvalue weighted by Crippen LogP contribution is 2.32. The smallest absolute Gasteiger partial charge is 0.337 e. The van der Waals surface area contributed by atoms with Gasteiger partial charge in [0.2, 0.25) is 11.7 Å². The zero-order chi connectivity index (χ0) is 22.7. The van der Waals surface area contributed by atoms with Gasteiger partial charge in [-0.1, -0.05) is 35.5 Å². The summed E-state index contributed by atoms with van der Waals surface area (Å²) in [6, 6.07) is 11.5. The van der Waals surface area contributed by atoms with Crippen LogP contribution in [0.3, 0.4) is 0 Å². The zero-order valence-corrected chi connectivity index (χ0v) is 17.6. The summed E-state index contributed by atoms with van der Waals surface area (Å²) in [4.78, 5) is 8.77. The predicted molar refractivity (Wildman–Crippen MR) is 111 cm³/mol. The second-order valence-corrected chi connectivity index (χ2v) is 7.97. The van der Waals surface area contributed by atoms with Crippen LogP contribution in [-0.4, -0.2) is 46.1 Å². The zero-order valence-electron chi connectivity index (χ0n) is 17.6. The van der Waals surface area contributed by atoms with E-state index in [1.54, 1.807) is 12.1 Å². The fraction of sp³-hybridized carbons (Fsp3) is 0.391. The normalized spacial score (nSPS) is 17.3. The second-order valence-electron chi connectivity index (χ2n) is 7.97. The van der Waals surface area contributed by atoms with Gasteiger partial charge in [-0.25, -0.2) is 4.39 Å². The molecule has 32 heavy (non-hydrogen) atoms. The van der Waals surface area contributed by atoms with Crippen LogP contribution in [0.15, 0.2) is 53.1 Å². The molecule has 1 atom stereocenters. The number of nitrogens with zero attached hydrogens (tertiary/aromatic N) is 4. The van der Waals surface area contributed by atoms with Gasteiger partial charge < -0.3 is 4.52 Å². The minimum absolute atomic E-state index is 0.133. The van der Waals surface area contributed by atoms with Gasteiger partial charge in [0.1, 0.15) is 5.82 Å². The van der Waals surface area contributed by atoms with Gasteiger partial charge in [0, 0.05) is 37.3 Å². The molecule has 0 amide bonds. The minimum atomic E-state index is -4.43. The molecule has 0 spiro atoms. The summed E-state index contributed by atoms with van der Waals surface area (Å²) in [5.74, 6) is 0.295. The highest BCUT2D eigenvalue weighted by molar-refractivity contribution is 5.55.